The van der Waals surface area contributed by atoms with Crippen molar-refractivity contribution in [3.63, 3.8) is 0 Å². The van der Waals surface area contributed by atoms with Gasteiger partial charge in [0.15, 0.2) is 12.2 Å². The number of ether oxygens (including phenoxy) is 4. The second-order valence-corrected chi connectivity index (χ2v) is 29.5. The summed E-state index contributed by atoms with van der Waals surface area (Å²) in [6.07, 6.45) is 70.6. The third kappa shape index (κ3) is 71.2. The number of aliphatic hydroxyl groups is 1. The zero-order chi connectivity index (χ0) is 71.8. The van der Waals surface area contributed by atoms with Gasteiger partial charge in [-0.3, -0.25) is 37.3 Å². The Balaban J connectivity index is 5.27. The van der Waals surface area contributed by atoms with Gasteiger partial charge in [0.1, 0.15) is 19.3 Å². The number of rotatable bonds is 75. The molecule has 0 aromatic rings. The van der Waals surface area contributed by atoms with Gasteiger partial charge in [0.2, 0.25) is 0 Å². The maximum atomic E-state index is 13.1. The van der Waals surface area contributed by atoms with E-state index in [1.165, 1.54) is 135 Å². The number of esters is 4. The first-order valence-electron chi connectivity index (χ1n) is 39.5. The summed E-state index contributed by atoms with van der Waals surface area (Å²) < 4.78 is 68.5. The third-order valence-corrected chi connectivity index (χ3v) is 18.9. The fraction of sp³-hybridized carbons (Fsp3) is 0.823. The molecule has 5 unspecified atom stereocenters. The van der Waals surface area contributed by atoms with Gasteiger partial charge in [-0.2, -0.15) is 0 Å². The van der Waals surface area contributed by atoms with E-state index in [4.69, 9.17) is 37.0 Å². The maximum Gasteiger partial charge on any atom is 0.472 e. The molecule has 0 aromatic heterocycles. The van der Waals surface area contributed by atoms with Gasteiger partial charge in [-0.15, -0.1) is 0 Å². The lowest BCUT2D eigenvalue weighted by Crippen LogP contribution is -2.30. The number of carbonyl (C=O) groups is 4. The summed E-state index contributed by atoms with van der Waals surface area (Å²) in [6, 6.07) is 0. The minimum Gasteiger partial charge on any atom is -0.462 e. The molecule has 98 heavy (non-hydrogen) atoms. The van der Waals surface area contributed by atoms with Crippen LogP contribution in [0.15, 0.2) is 60.8 Å². The molecular weight excluding hydrogens is 1280 g/mol. The van der Waals surface area contributed by atoms with Crippen molar-refractivity contribution in [1.82, 2.24) is 0 Å². The molecule has 0 heterocycles. The SMILES string of the molecule is CC/C=C\C/C=C\C/C=C\C/C=C\CCCCCCCCC(=O)OCC(COP(=O)(O)OCC(O)COP(=O)(O)OCC(COC(=O)CCCCCCCCCCCCCCCCC)OC(=O)CCCCCCCCCCCCCCC)OC(=O)CCCCCCC/C=C\CCCC. The molecule has 0 spiro atoms. The van der Waals surface area contributed by atoms with Crippen LogP contribution in [0.25, 0.3) is 0 Å². The first-order chi connectivity index (χ1) is 47.7. The quantitative estimate of drug-likeness (QED) is 0.0169. The highest BCUT2D eigenvalue weighted by Gasteiger charge is 2.30. The molecule has 0 aliphatic rings. The van der Waals surface area contributed by atoms with Crippen molar-refractivity contribution in [3.8, 4) is 0 Å². The van der Waals surface area contributed by atoms with E-state index >= 15 is 0 Å². The predicted molar refractivity (Wildman–Crippen MR) is 400 cm³/mol. The van der Waals surface area contributed by atoms with E-state index < -0.39 is 97.5 Å². The summed E-state index contributed by atoms with van der Waals surface area (Å²) in [5, 5.41) is 10.6. The minimum absolute atomic E-state index is 0.0844. The van der Waals surface area contributed by atoms with E-state index in [2.05, 4.69) is 88.5 Å². The van der Waals surface area contributed by atoms with E-state index in [-0.39, 0.29) is 25.7 Å². The van der Waals surface area contributed by atoms with Gasteiger partial charge in [0.05, 0.1) is 26.4 Å². The highest BCUT2D eigenvalue weighted by molar-refractivity contribution is 7.47. The molecule has 0 radical (unpaired) electrons. The number of unbranched alkanes of at least 4 members (excludes halogenated alkanes) is 39. The highest BCUT2D eigenvalue weighted by Crippen LogP contribution is 2.45. The molecule has 19 heteroatoms. The van der Waals surface area contributed by atoms with Gasteiger partial charge < -0.3 is 33.8 Å². The number of hydrogen-bond donors (Lipinski definition) is 3. The molecule has 5 atom stereocenters. The van der Waals surface area contributed by atoms with Crippen LogP contribution in [-0.4, -0.2) is 96.7 Å². The summed E-state index contributed by atoms with van der Waals surface area (Å²) in [5.74, 6) is -2.16. The van der Waals surface area contributed by atoms with Crippen LogP contribution >= 0.6 is 15.6 Å². The predicted octanol–water partition coefficient (Wildman–Crippen LogP) is 22.7. The molecule has 0 aliphatic heterocycles. The summed E-state index contributed by atoms with van der Waals surface area (Å²) >= 11 is 0. The van der Waals surface area contributed by atoms with Gasteiger partial charge in [0, 0.05) is 25.7 Å². The largest absolute Gasteiger partial charge is 0.472 e. The van der Waals surface area contributed by atoms with E-state index in [9.17, 15) is 43.2 Å². The fourth-order valence-corrected chi connectivity index (χ4v) is 12.5. The summed E-state index contributed by atoms with van der Waals surface area (Å²) in [5.41, 5.74) is 0. The molecule has 0 rings (SSSR count). The van der Waals surface area contributed by atoms with Crippen molar-refractivity contribution < 1.29 is 80.2 Å². The van der Waals surface area contributed by atoms with Crippen molar-refractivity contribution >= 4 is 39.5 Å². The molecule has 17 nitrogen and oxygen atoms in total. The van der Waals surface area contributed by atoms with Crippen LogP contribution in [0, 0.1) is 0 Å². The average molecular weight is 1430 g/mol. The maximum absolute atomic E-state index is 13.1. The Morgan fingerprint density at radius 1 is 0.296 bits per heavy atom. The Bertz CT molecular complexity index is 2100. The standard InChI is InChI=1S/C79H144O17P2/c1-5-9-13-17-21-25-29-32-34-35-36-37-39-42-45-48-52-56-60-64-77(82)89-69-74(95-78(83)65-61-57-53-49-43-28-24-20-16-12-8-4)71-93-97(85,86)91-67-73(80)68-92-98(87,88)94-72-75(96-79(84)66-62-58-54-50-46-40-31-27-23-19-15-11-7-3)70-90-76(81)63-59-55-51-47-44-41-38-33-30-26-22-18-14-10-6-2/h9,13,20-21,24-25,32,34,36-37,73-75,80H,5-8,10-12,14-19,22-23,26-31,33,35,38-72H2,1-4H3,(H,85,86)(H,87,88)/b13-9-,24-20-,25-21-,34-32-,37-36-. The zero-order valence-electron chi connectivity index (χ0n) is 62.5. The van der Waals surface area contributed by atoms with E-state index in [1.54, 1.807) is 0 Å². The second-order valence-electron chi connectivity index (χ2n) is 26.6. The Hall–Kier alpha value is -3.24. The fourth-order valence-electron chi connectivity index (χ4n) is 11.0. The van der Waals surface area contributed by atoms with Crippen molar-refractivity contribution in [2.75, 3.05) is 39.6 Å². The van der Waals surface area contributed by atoms with Crippen molar-refractivity contribution in [2.45, 2.75) is 380 Å². The molecule has 0 amide bonds. The number of aliphatic hydroxyl groups excluding tert-OH is 1. The molecule has 0 bridgehead atoms. The lowest BCUT2D eigenvalue weighted by atomic mass is 10.0. The van der Waals surface area contributed by atoms with Crippen LogP contribution in [0.5, 0.6) is 0 Å². The lowest BCUT2D eigenvalue weighted by molar-refractivity contribution is -0.161. The Kier molecular flexibility index (Phi) is 69.7. The minimum atomic E-state index is -4.97. The molecule has 0 fully saturated rings. The first kappa shape index (κ1) is 94.8. The molecule has 3 N–H and O–H groups in total. The second kappa shape index (κ2) is 72.1. The number of carbonyl (C=O) groups excluding carboxylic acids is 4. The summed E-state index contributed by atoms with van der Waals surface area (Å²) in [4.78, 5) is 72.9. The van der Waals surface area contributed by atoms with Crippen LogP contribution in [0.3, 0.4) is 0 Å². The van der Waals surface area contributed by atoms with Gasteiger partial charge in [-0.25, -0.2) is 9.13 Å². The molecule has 0 saturated carbocycles. The number of phosphoric acid groups is 2. The van der Waals surface area contributed by atoms with E-state index in [1.807, 2.05) is 0 Å². The van der Waals surface area contributed by atoms with E-state index in [0.29, 0.717) is 25.7 Å². The topological polar surface area (TPSA) is 237 Å². The summed E-state index contributed by atoms with van der Waals surface area (Å²) in [6.45, 7) is 4.77. The molecule has 0 aromatic carbocycles. The zero-order valence-corrected chi connectivity index (χ0v) is 64.3. The van der Waals surface area contributed by atoms with E-state index in [0.717, 1.165) is 148 Å². The Morgan fingerprint density at radius 2 is 0.541 bits per heavy atom. The number of phosphoric ester groups is 2. The molecule has 0 saturated heterocycles. The van der Waals surface area contributed by atoms with Gasteiger partial charge in [0.25, 0.3) is 0 Å². The highest BCUT2D eigenvalue weighted by atomic mass is 31.2. The van der Waals surface area contributed by atoms with Crippen molar-refractivity contribution in [2.24, 2.45) is 0 Å². The Labute approximate surface area is 597 Å². The van der Waals surface area contributed by atoms with Crippen LogP contribution in [-0.2, 0) is 65.4 Å². The number of allylic oxidation sites excluding steroid dienone is 10. The molecular formula is C79H144O17P2. The van der Waals surface area contributed by atoms with Crippen molar-refractivity contribution in [3.05, 3.63) is 60.8 Å². The Morgan fingerprint density at radius 3 is 0.857 bits per heavy atom. The summed E-state index contributed by atoms with van der Waals surface area (Å²) in [7, 11) is -9.93. The third-order valence-electron chi connectivity index (χ3n) is 17.0. The van der Waals surface area contributed by atoms with Crippen LogP contribution in [0.4, 0.5) is 0 Å². The monoisotopic (exact) mass is 1430 g/mol. The van der Waals surface area contributed by atoms with Gasteiger partial charge in [-0.1, -0.05) is 313 Å². The molecule has 572 valence electrons. The smallest absolute Gasteiger partial charge is 0.462 e. The van der Waals surface area contributed by atoms with Crippen LogP contribution < -0.4 is 0 Å². The van der Waals surface area contributed by atoms with Crippen LogP contribution in [0.1, 0.15) is 362 Å². The normalized spacial score (nSPS) is 14.2. The number of hydrogen-bond acceptors (Lipinski definition) is 15. The van der Waals surface area contributed by atoms with Crippen molar-refractivity contribution in [1.29, 1.82) is 0 Å². The lowest BCUT2D eigenvalue weighted by Gasteiger charge is -2.21. The van der Waals surface area contributed by atoms with Gasteiger partial charge >= 0.3 is 39.5 Å². The average Bonchev–Trinajstić information content (AvgIpc) is 1.00. The van der Waals surface area contributed by atoms with Gasteiger partial charge in [-0.05, 0) is 83.5 Å². The molecule has 0 aliphatic carbocycles. The first-order valence-corrected chi connectivity index (χ1v) is 42.5. The van der Waals surface area contributed by atoms with Crippen LogP contribution in [0.2, 0.25) is 0 Å².